The Morgan fingerprint density at radius 2 is 1.90 bits per heavy atom. The Morgan fingerprint density at radius 3 is 2.57 bits per heavy atom. The third-order valence-corrected chi connectivity index (χ3v) is 3.58. The molecule has 1 aromatic heterocycles. The molecule has 0 aliphatic carbocycles. The van der Waals surface area contributed by atoms with E-state index in [4.69, 9.17) is 0 Å². The molecule has 1 unspecified atom stereocenters. The van der Waals surface area contributed by atoms with Gasteiger partial charge in [0.2, 0.25) is 0 Å². The minimum absolute atomic E-state index is 0.0609. The fraction of sp³-hybridized carbons (Fsp3) is 0.412. The topological polar surface area (TPSA) is 37.8 Å². The minimum Gasteiger partial charge on any atom is -0.306 e. The van der Waals surface area contributed by atoms with Gasteiger partial charge in [-0.3, -0.25) is 0 Å². The van der Waals surface area contributed by atoms with E-state index in [-0.39, 0.29) is 11.9 Å². The molecule has 0 aliphatic rings. The second-order valence-corrected chi connectivity index (χ2v) is 5.42. The molecule has 3 nitrogen and oxygen atoms in total. The second-order valence-electron chi connectivity index (χ2n) is 5.42. The Morgan fingerprint density at radius 1 is 1.14 bits per heavy atom. The highest BCUT2D eigenvalue weighted by molar-refractivity contribution is 5.36. The summed E-state index contributed by atoms with van der Waals surface area (Å²) in [5.74, 6) is -0.174. The van der Waals surface area contributed by atoms with E-state index in [1.54, 1.807) is 13.0 Å². The average molecular weight is 287 g/mol. The van der Waals surface area contributed by atoms with Crippen LogP contribution in [0.15, 0.2) is 24.3 Å². The molecule has 0 amide bonds. The summed E-state index contributed by atoms with van der Waals surface area (Å²) in [6.45, 7) is 8.61. The van der Waals surface area contributed by atoms with Gasteiger partial charge in [-0.1, -0.05) is 19.1 Å². The summed E-state index contributed by atoms with van der Waals surface area (Å²) in [5.41, 5.74) is 4.37. The number of hydrogen-bond donors (Lipinski definition) is 1. The molecule has 2 rings (SSSR count). The molecule has 0 spiro atoms. The van der Waals surface area contributed by atoms with Gasteiger partial charge in [0.1, 0.15) is 5.82 Å². The van der Waals surface area contributed by atoms with Gasteiger partial charge in [0.05, 0.1) is 17.4 Å². The molecule has 0 saturated heterocycles. The van der Waals surface area contributed by atoms with Crippen molar-refractivity contribution in [2.24, 2.45) is 0 Å². The SMILES string of the molecule is CCCNC(c1ccc(C)c(F)c1)c1cc(C)nnc1C. The third-order valence-electron chi connectivity index (χ3n) is 3.58. The van der Waals surface area contributed by atoms with Gasteiger partial charge in [-0.25, -0.2) is 4.39 Å². The number of hydrogen-bond acceptors (Lipinski definition) is 3. The Bertz CT molecular complexity index is 625. The number of rotatable bonds is 5. The van der Waals surface area contributed by atoms with Crippen LogP contribution in [0.3, 0.4) is 0 Å². The maximum Gasteiger partial charge on any atom is 0.126 e. The highest BCUT2D eigenvalue weighted by Crippen LogP contribution is 2.25. The molecule has 0 radical (unpaired) electrons. The van der Waals surface area contributed by atoms with Crippen molar-refractivity contribution >= 4 is 0 Å². The van der Waals surface area contributed by atoms with E-state index in [0.717, 1.165) is 35.5 Å². The third kappa shape index (κ3) is 3.64. The zero-order valence-electron chi connectivity index (χ0n) is 13.1. The molecule has 1 aromatic carbocycles. The Labute approximate surface area is 125 Å². The van der Waals surface area contributed by atoms with Crippen LogP contribution in [0.5, 0.6) is 0 Å². The lowest BCUT2D eigenvalue weighted by Gasteiger charge is -2.21. The van der Waals surface area contributed by atoms with Gasteiger partial charge in [0.25, 0.3) is 0 Å². The summed E-state index contributed by atoms with van der Waals surface area (Å²) in [6.07, 6.45) is 1.02. The number of aromatic nitrogens is 2. The summed E-state index contributed by atoms with van der Waals surface area (Å²) < 4.78 is 13.9. The lowest BCUT2D eigenvalue weighted by molar-refractivity contribution is 0.577. The van der Waals surface area contributed by atoms with E-state index in [0.29, 0.717) is 5.56 Å². The van der Waals surface area contributed by atoms with Crippen LogP contribution in [-0.2, 0) is 0 Å². The molecule has 1 N–H and O–H groups in total. The molecule has 0 bridgehead atoms. The number of halogens is 1. The molecular formula is C17H22FN3. The van der Waals surface area contributed by atoms with Crippen molar-refractivity contribution in [1.29, 1.82) is 0 Å². The summed E-state index contributed by atoms with van der Waals surface area (Å²) in [7, 11) is 0. The van der Waals surface area contributed by atoms with Gasteiger partial charge in [-0.05, 0) is 62.6 Å². The maximum atomic E-state index is 13.9. The zero-order valence-corrected chi connectivity index (χ0v) is 13.1. The monoisotopic (exact) mass is 287 g/mol. The van der Waals surface area contributed by atoms with Crippen LogP contribution >= 0.6 is 0 Å². The fourth-order valence-corrected chi connectivity index (χ4v) is 2.35. The lowest BCUT2D eigenvalue weighted by atomic mass is 9.96. The average Bonchev–Trinajstić information content (AvgIpc) is 2.46. The predicted octanol–water partition coefficient (Wildman–Crippen LogP) is 3.63. The molecule has 4 heteroatoms. The Hall–Kier alpha value is -1.81. The highest BCUT2D eigenvalue weighted by atomic mass is 19.1. The lowest BCUT2D eigenvalue weighted by Crippen LogP contribution is -2.24. The molecule has 0 fully saturated rings. The maximum absolute atomic E-state index is 13.9. The molecule has 0 aliphatic heterocycles. The van der Waals surface area contributed by atoms with Gasteiger partial charge in [0, 0.05) is 0 Å². The van der Waals surface area contributed by atoms with Crippen molar-refractivity contribution in [3.05, 3.63) is 58.2 Å². The number of nitrogens with one attached hydrogen (secondary N) is 1. The molecular weight excluding hydrogens is 265 g/mol. The van der Waals surface area contributed by atoms with E-state index >= 15 is 0 Å². The first-order chi connectivity index (χ1) is 10.0. The summed E-state index contributed by atoms with van der Waals surface area (Å²) in [5, 5.41) is 11.7. The number of benzene rings is 1. The Balaban J connectivity index is 2.46. The van der Waals surface area contributed by atoms with Crippen molar-refractivity contribution in [2.45, 2.75) is 40.2 Å². The van der Waals surface area contributed by atoms with E-state index in [9.17, 15) is 4.39 Å². The minimum atomic E-state index is -0.174. The Kier molecular flexibility index (Phi) is 5.02. The first kappa shape index (κ1) is 15.6. The molecule has 1 atom stereocenters. The van der Waals surface area contributed by atoms with Crippen LogP contribution < -0.4 is 5.32 Å². The standard InChI is InChI=1S/C17H22FN3/c1-5-8-19-17(14-7-6-11(2)16(18)10-14)15-9-12(3)20-21-13(15)4/h6-7,9-10,17,19H,5,8H2,1-4H3. The first-order valence-electron chi connectivity index (χ1n) is 7.33. The largest absolute Gasteiger partial charge is 0.306 e. The summed E-state index contributed by atoms with van der Waals surface area (Å²) >= 11 is 0. The normalized spacial score (nSPS) is 12.4. The summed E-state index contributed by atoms with van der Waals surface area (Å²) in [4.78, 5) is 0. The molecule has 2 aromatic rings. The first-order valence-corrected chi connectivity index (χ1v) is 7.33. The van der Waals surface area contributed by atoms with Crippen LogP contribution in [0.2, 0.25) is 0 Å². The smallest absolute Gasteiger partial charge is 0.126 e. The van der Waals surface area contributed by atoms with Gasteiger partial charge in [-0.15, -0.1) is 0 Å². The van der Waals surface area contributed by atoms with Crippen LogP contribution in [0.25, 0.3) is 0 Å². The highest BCUT2D eigenvalue weighted by Gasteiger charge is 2.18. The van der Waals surface area contributed by atoms with E-state index in [2.05, 4.69) is 22.4 Å². The van der Waals surface area contributed by atoms with Gasteiger partial charge < -0.3 is 5.32 Å². The van der Waals surface area contributed by atoms with Crippen molar-refractivity contribution in [3.8, 4) is 0 Å². The van der Waals surface area contributed by atoms with Gasteiger partial charge in [0.15, 0.2) is 0 Å². The quantitative estimate of drug-likeness (QED) is 0.912. The van der Waals surface area contributed by atoms with E-state index < -0.39 is 0 Å². The fourth-order valence-electron chi connectivity index (χ4n) is 2.35. The van der Waals surface area contributed by atoms with Crippen LogP contribution in [0.4, 0.5) is 4.39 Å². The number of aryl methyl sites for hydroxylation is 3. The van der Waals surface area contributed by atoms with Crippen molar-refractivity contribution < 1.29 is 4.39 Å². The van der Waals surface area contributed by atoms with E-state index in [1.165, 1.54) is 0 Å². The van der Waals surface area contributed by atoms with Crippen LogP contribution in [-0.4, -0.2) is 16.7 Å². The van der Waals surface area contributed by atoms with Crippen LogP contribution in [0, 0.1) is 26.6 Å². The zero-order chi connectivity index (χ0) is 15.4. The molecule has 112 valence electrons. The van der Waals surface area contributed by atoms with Gasteiger partial charge >= 0.3 is 0 Å². The van der Waals surface area contributed by atoms with Crippen LogP contribution in [0.1, 0.15) is 47.5 Å². The van der Waals surface area contributed by atoms with Crippen molar-refractivity contribution in [2.75, 3.05) is 6.54 Å². The predicted molar refractivity (Wildman–Crippen MR) is 82.8 cm³/mol. The second kappa shape index (κ2) is 6.76. The van der Waals surface area contributed by atoms with Gasteiger partial charge in [-0.2, -0.15) is 10.2 Å². The van der Waals surface area contributed by atoms with E-state index in [1.807, 2.05) is 32.0 Å². The van der Waals surface area contributed by atoms with Crippen molar-refractivity contribution in [3.63, 3.8) is 0 Å². The number of nitrogens with zero attached hydrogens (tertiary/aromatic N) is 2. The molecule has 21 heavy (non-hydrogen) atoms. The van der Waals surface area contributed by atoms with Crippen molar-refractivity contribution in [1.82, 2.24) is 15.5 Å². The molecule has 0 saturated carbocycles. The summed E-state index contributed by atoms with van der Waals surface area (Å²) in [6, 6.07) is 7.36. The molecule has 1 heterocycles.